The molecule has 536 valence electrons. The van der Waals surface area contributed by atoms with E-state index in [1.54, 1.807) is 82.4 Å². The van der Waals surface area contributed by atoms with E-state index >= 15 is 0 Å². The molecular weight excluding hydrogens is 1270 g/mol. The van der Waals surface area contributed by atoms with Crippen molar-refractivity contribution in [1.82, 2.24) is 68.8 Å². The number of aliphatic carboxylic acids is 2. The number of hydrogen-bond donors (Lipinski definition) is 20. The zero-order valence-corrected chi connectivity index (χ0v) is 55.5. The summed E-state index contributed by atoms with van der Waals surface area (Å²) >= 11 is 0. The number of aliphatic hydroxyl groups excluding tert-OH is 3. The molecule has 0 unspecified atom stereocenters. The molecule has 0 bridgehead atoms. The van der Waals surface area contributed by atoms with E-state index in [0.717, 1.165) is 19.4 Å². The Bertz CT molecular complexity index is 3200. The number of aromatic amines is 1. The Labute approximate surface area is 560 Å². The van der Waals surface area contributed by atoms with Crippen molar-refractivity contribution in [2.75, 3.05) is 26.2 Å². The van der Waals surface area contributed by atoms with Crippen molar-refractivity contribution < 1.29 is 92.7 Å². The minimum Gasteiger partial charge on any atom is -0.481 e. The molecule has 2 aromatic carbocycles. The maximum Gasteiger partial charge on any atom is 0.328 e. The molecule has 0 fully saturated rings. The van der Waals surface area contributed by atoms with Gasteiger partial charge in [-0.1, -0.05) is 89.1 Å². The molecule has 3 rings (SSSR count). The Morgan fingerprint density at radius 1 is 0.485 bits per heavy atom. The zero-order valence-electron chi connectivity index (χ0n) is 55.5. The van der Waals surface area contributed by atoms with E-state index in [9.17, 15) is 92.7 Å². The van der Waals surface area contributed by atoms with Gasteiger partial charge >= 0.3 is 11.9 Å². The average molecular weight is 1370 g/mol. The molecule has 3 aromatic rings. The summed E-state index contributed by atoms with van der Waals surface area (Å²) in [6.45, 7) is 8.87. The predicted molar refractivity (Wildman–Crippen MR) is 349 cm³/mol. The third-order valence-corrected chi connectivity index (χ3v) is 15.9. The lowest BCUT2D eigenvalue weighted by Crippen LogP contribution is -2.60. The number of nitrogens with one attached hydrogen (secondary N) is 13. The smallest absolute Gasteiger partial charge is 0.328 e. The second-order valence-corrected chi connectivity index (χ2v) is 23.7. The summed E-state index contributed by atoms with van der Waals surface area (Å²) in [6, 6.07) is -0.508. The first-order chi connectivity index (χ1) is 45.8. The first-order valence-electron chi connectivity index (χ1n) is 31.8. The Morgan fingerprint density at radius 2 is 0.969 bits per heavy atom. The molecular formula is C63H95N15O19. The lowest BCUT2D eigenvalue weighted by molar-refractivity contribution is -0.145. The number of rotatable bonds is 42. The Morgan fingerprint density at radius 3 is 1.53 bits per heavy atom. The number of para-hydroxylation sites is 1. The number of carbonyl (C=O) groups excluding carboxylic acids is 12. The Kier molecular flexibility index (Phi) is 34.2. The van der Waals surface area contributed by atoms with Crippen LogP contribution in [-0.4, -0.2) is 218 Å². The van der Waals surface area contributed by atoms with Crippen LogP contribution in [0.2, 0.25) is 0 Å². The molecule has 0 saturated carbocycles. The minimum absolute atomic E-state index is 0.0717. The second kappa shape index (κ2) is 40.7. The quantitative estimate of drug-likeness (QED) is 0.0236. The zero-order chi connectivity index (χ0) is 72.8. The second-order valence-electron chi connectivity index (χ2n) is 23.7. The SMILES string of the molecule is CC[C@H](C)[C@H](NC(=O)[C@H](CC(=O)O)NC(=O)[C@H](C)NC(=O)[C@H](C)NC(=O)[C@@H](NC(=O)[C@@H](N)Cc1ccccc1)[C@@H](C)CC)C(=O)N[C@@H](CCCCN)C(=O)NCC(=O)N[C@H](C(=O)NCC(=O)N[C@@H](CO)C(=O)N[C@@H](Cc1c[nH]c2ccccc12)C(=O)N[C@H](C(=O)O)[C@@H](C)O)[C@@H](C)O. The molecule has 15 atom stereocenters. The van der Waals surface area contributed by atoms with Gasteiger partial charge in [0, 0.05) is 23.5 Å². The van der Waals surface area contributed by atoms with Gasteiger partial charge in [0.05, 0.1) is 44.4 Å². The van der Waals surface area contributed by atoms with Crippen LogP contribution in [0.1, 0.15) is 105 Å². The number of benzene rings is 2. The van der Waals surface area contributed by atoms with Gasteiger partial charge in [-0.15, -0.1) is 0 Å². The van der Waals surface area contributed by atoms with Crippen molar-refractivity contribution in [2.24, 2.45) is 23.3 Å². The molecule has 34 heteroatoms. The van der Waals surface area contributed by atoms with Crippen LogP contribution in [0, 0.1) is 11.8 Å². The molecule has 0 aliphatic rings. The highest BCUT2D eigenvalue weighted by Gasteiger charge is 2.37. The number of nitrogens with two attached hydrogens (primary N) is 2. The van der Waals surface area contributed by atoms with Gasteiger partial charge in [0.15, 0.2) is 6.04 Å². The van der Waals surface area contributed by atoms with Gasteiger partial charge < -0.3 is 106 Å². The number of amides is 12. The summed E-state index contributed by atoms with van der Waals surface area (Å²) in [7, 11) is 0. The predicted octanol–water partition coefficient (Wildman–Crippen LogP) is -5.07. The van der Waals surface area contributed by atoms with E-state index in [4.69, 9.17) is 11.5 Å². The normalized spacial score (nSPS) is 15.8. The average Bonchev–Trinajstić information content (AvgIpc) is 1.76. The largest absolute Gasteiger partial charge is 0.481 e. The first-order valence-corrected chi connectivity index (χ1v) is 31.8. The van der Waals surface area contributed by atoms with E-state index in [-0.39, 0.29) is 38.6 Å². The molecule has 0 radical (unpaired) electrons. The van der Waals surface area contributed by atoms with Crippen LogP contribution in [0.3, 0.4) is 0 Å². The maximum atomic E-state index is 14.1. The third-order valence-electron chi connectivity index (χ3n) is 15.9. The molecule has 1 heterocycles. The molecule has 0 aliphatic heterocycles. The Hall–Kier alpha value is -9.64. The minimum atomic E-state index is -1.84. The van der Waals surface area contributed by atoms with Crippen LogP contribution in [0.5, 0.6) is 0 Å². The summed E-state index contributed by atoms with van der Waals surface area (Å²) in [4.78, 5) is 189. The van der Waals surface area contributed by atoms with Crippen LogP contribution in [0.15, 0.2) is 60.8 Å². The molecule has 97 heavy (non-hydrogen) atoms. The maximum absolute atomic E-state index is 14.1. The van der Waals surface area contributed by atoms with Crippen molar-refractivity contribution in [3.8, 4) is 0 Å². The number of hydrogen-bond acceptors (Lipinski definition) is 19. The van der Waals surface area contributed by atoms with E-state index in [2.05, 4.69) is 68.8 Å². The first kappa shape index (κ1) is 81.6. The highest BCUT2D eigenvalue weighted by molar-refractivity contribution is 6.00. The lowest BCUT2D eigenvalue weighted by Gasteiger charge is -2.28. The van der Waals surface area contributed by atoms with E-state index < -0.39 is 199 Å². The molecule has 22 N–H and O–H groups in total. The fraction of sp³-hybridized carbons (Fsp3) is 0.556. The number of fused-ring (bicyclic) bond motifs is 1. The molecule has 0 spiro atoms. The van der Waals surface area contributed by atoms with Gasteiger partial charge in [-0.2, -0.15) is 0 Å². The standard InChI is InChI=1S/C63H95N15O19/c1-9-31(3)49(76-55(88)40(65)24-37-18-12-11-13-19-37)61(94)70-33(5)53(86)69-34(6)54(87)73-44(26-48(84)85)58(91)77-50(32(4)10-2)62(95)72-42(22-16-17-23-64)56(89)67-29-47(83)75-51(35(7)80)60(93)68-28-46(82)71-45(30-79)59(92)74-43(57(90)78-52(36(8)81)63(96)97)25-38-27-66-41-21-15-14-20-39(38)41/h11-15,18-21,27,31-36,40,42-45,49-52,66,79-81H,9-10,16-17,22-26,28-30,64-65H2,1-8H3,(H,67,89)(H,68,93)(H,69,86)(H,70,94)(H,71,82)(H,72,95)(H,73,87)(H,74,92)(H,75,83)(H,76,88)(H,77,91)(H,78,90)(H,84,85)(H,96,97)/t31-,32-,33-,34-,35+,36+,40-,42-,43-,44-,45-,49-,50-,51-,52-/m0/s1. The molecule has 12 amide bonds. The van der Waals surface area contributed by atoms with Gasteiger partial charge in [-0.05, 0) is 89.0 Å². The molecule has 0 aliphatic carbocycles. The summed E-state index contributed by atoms with van der Waals surface area (Å²) in [5.41, 5.74) is 13.8. The van der Waals surface area contributed by atoms with E-state index in [1.807, 2.05) is 6.07 Å². The van der Waals surface area contributed by atoms with Crippen molar-refractivity contribution in [1.29, 1.82) is 0 Å². The van der Waals surface area contributed by atoms with Crippen molar-refractivity contribution in [3.05, 3.63) is 71.9 Å². The van der Waals surface area contributed by atoms with Gasteiger partial charge in [0.2, 0.25) is 70.9 Å². The van der Waals surface area contributed by atoms with Gasteiger partial charge in [-0.25, -0.2) is 4.79 Å². The fourth-order valence-electron chi connectivity index (χ4n) is 9.64. The van der Waals surface area contributed by atoms with Crippen LogP contribution in [0.4, 0.5) is 0 Å². The van der Waals surface area contributed by atoms with Crippen LogP contribution in [0.25, 0.3) is 10.9 Å². The fourth-order valence-corrected chi connectivity index (χ4v) is 9.64. The highest BCUT2D eigenvalue weighted by Crippen LogP contribution is 2.20. The third kappa shape index (κ3) is 26.8. The van der Waals surface area contributed by atoms with Crippen LogP contribution < -0.4 is 75.3 Å². The van der Waals surface area contributed by atoms with Crippen LogP contribution in [-0.2, 0) is 80.0 Å². The monoisotopic (exact) mass is 1370 g/mol. The van der Waals surface area contributed by atoms with Crippen molar-refractivity contribution in [2.45, 2.75) is 185 Å². The van der Waals surface area contributed by atoms with Gasteiger partial charge in [0.25, 0.3) is 0 Å². The van der Waals surface area contributed by atoms with Crippen molar-refractivity contribution >= 4 is 93.7 Å². The topological polar surface area (TPSA) is 552 Å². The number of unbranched alkanes of at least 4 members (excludes halogenated alkanes) is 1. The summed E-state index contributed by atoms with van der Waals surface area (Å²) in [5.74, 6) is -15.9. The number of carboxylic acids is 2. The lowest BCUT2D eigenvalue weighted by atomic mass is 9.96. The van der Waals surface area contributed by atoms with E-state index in [1.165, 1.54) is 13.8 Å². The Balaban J connectivity index is 1.65. The van der Waals surface area contributed by atoms with Gasteiger partial charge in [0.1, 0.15) is 54.4 Å². The number of aromatic nitrogens is 1. The number of carboxylic acid groups (broad SMARTS) is 2. The number of carbonyl (C=O) groups is 14. The number of aliphatic hydroxyl groups is 3. The molecule has 1 aromatic heterocycles. The summed E-state index contributed by atoms with van der Waals surface area (Å²) < 4.78 is 0. The van der Waals surface area contributed by atoms with Crippen LogP contribution >= 0.6 is 0 Å². The van der Waals surface area contributed by atoms with E-state index in [0.29, 0.717) is 29.3 Å². The number of H-pyrrole nitrogens is 1. The summed E-state index contributed by atoms with van der Waals surface area (Å²) in [5, 5.41) is 79.0. The van der Waals surface area contributed by atoms with Crippen molar-refractivity contribution in [3.63, 3.8) is 0 Å². The molecule has 34 nitrogen and oxygen atoms in total. The molecule has 0 saturated heterocycles. The summed E-state index contributed by atoms with van der Waals surface area (Å²) in [6.07, 6.45) is -1.47. The highest BCUT2D eigenvalue weighted by atomic mass is 16.4. The van der Waals surface area contributed by atoms with Gasteiger partial charge in [-0.3, -0.25) is 62.3 Å².